The smallest absolute Gasteiger partial charge is 0.233 e. The molecular weight excluding hydrogens is 167 g/mol. The molecule has 0 aliphatic heterocycles. The minimum Gasteiger partial charge on any atom is -0.301 e. The highest BCUT2D eigenvalue weighted by Crippen LogP contribution is 2.20. The van der Waals surface area contributed by atoms with Crippen LogP contribution in [0.5, 0.6) is 0 Å². The van der Waals surface area contributed by atoms with Crippen molar-refractivity contribution in [2.75, 3.05) is 0 Å². The Bertz CT molecular complexity index is 262. The van der Waals surface area contributed by atoms with E-state index >= 15 is 0 Å². The molecule has 0 spiro atoms. The van der Waals surface area contributed by atoms with E-state index in [0.29, 0.717) is 0 Å². The number of hydrogen-bond donors (Lipinski definition) is 0. The van der Waals surface area contributed by atoms with Gasteiger partial charge < -0.3 is 4.57 Å². The van der Waals surface area contributed by atoms with Crippen molar-refractivity contribution in [1.82, 2.24) is 9.55 Å². The molecule has 1 heterocycles. The van der Waals surface area contributed by atoms with Crippen LogP contribution in [-0.4, -0.2) is 9.55 Å². The van der Waals surface area contributed by atoms with Crippen LogP contribution in [0.15, 0.2) is 6.33 Å². The van der Waals surface area contributed by atoms with Gasteiger partial charge in [-0.3, -0.25) is 0 Å². The summed E-state index contributed by atoms with van der Waals surface area (Å²) in [6.45, 7) is 5.65. The number of halogens is 2. The third-order valence-electron chi connectivity index (χ3n) is 1.39. The molecule has 0 aliphatic rings. The Morgan fingerprint density at radius 2 is 2.09 bits per heavy atom. The Labute approximate surface area is 70.0 Å². The number of hydrogen-bond acceptors (Lipinski definition) is 1. The lowest BCUT2D eigenvalue weighted by Gasteiger charge is -2.20. The molecule has 0 atom stereocenters. The van der Waals surface area contributed by atoms with E-state index in [9.17, 15) is 4.39 Å². The van der Waals surface area contributed by atoms with Gasteiger partial charge in [0.1, 0.15) is 0 Å². The number of aromatic nitrogens is 2. The van der Waals surface area contributed by atoms with Crippen LogP contribution in [0.4, 0.5) is 4.39 Å². The quantitative estimate of drug-likeness (QED) is 0.594. The van der Waals surface area contributed by atoms with Gasteiger partial charge in [0.05, 0.1) is 6.33 Å². The highest BCUT2D eigenvalue weighted by atomic mass is 35.5. The zero-order valence-electron chi connectivity index (χ0n) is 6.73. The Hall–Kier alpha value is -0.570. The summed E-state index contributed by atoms with van der Waals surface area (Å²) in [6.07, 6.45) is 1.40. The second-order valence-corrected chi connectivity index (χ2v) is 3.73. The molecule has 0 saturated heterocycles. The van der Waals surface area contributed by atoms with Gasteiger partial charge >= 0.3 is 0 Å². The molecule has 4 heteroatoms. The van der Waals surface area contributed by atoms with Gasteiger partial charge in [-0.2, -0.15) is 4.39 Å². The summed E-state index contributed by atoms with van der Waals surface area (Å²) < 4.78 is 14.4. The number of rotatable bonds is 0. The van der Waals surface area contributed by atoms with E-state index in [1.165, 1.54) is 10.9 Å². The molecule has 0 saturated carbocycles. The van der Waals surface area contributed by atoms with Crippen molar-refractivity contribution in [3.63, 3.8) is 0 Å². The molecule has 11 heavy (non-hydrogen) atoms. The Balaban J connectivity index is 3.15. The Morgan fingerprint density at radius 3 is 2.27 bits per heavy atom. The molecule has 1 aromatic heterocycles. The lowest BCUT2D eigenvalue weighted by atomic mass is 10.1. The van der Waals surface area contributed by atoms with E-state index in [-0.39, 0.29) is 10.7 Å². The van der Waals surface area contributed by atoms with Crippen LogP contribution in [0.1, 0.15) is 20.8 Å². The van der Waals surface area contributed by atoms with Crippen LogP contribution in [0.3, 0.4) is 0 Å². The first-order valence-corrected chi connectivity index (χ1v) is 3.69. The van der Waals surface area contributed by atoms with E-state index in [0.717, 1.165) is 0 Å². The minimum atomic E-state index is -0.473. The van der Waals surface area contributed by atoms with E-state index in [4.69, 9.17) is 11.6 Å². The van der Waals surface area contributed by atoms with Crippen molar-refractivity contribution >= 4 is 11.6 Å². The first-order valence-electron chi connectivity index (χ1n) is 3.32. The highest BCUT2D eigenvalue weighted by molar-refractivity contribution is 6.29. The van der Waals surface area contributed by atoms with Gasteiger partial charge in [-0.25, -0.2) is 4.98 Å². The Kier molecular flexibility index (Phi) is 1.92. The predicted octanol–water partition coefficient (Wildman–Crippen LogP) is 2.43. The minimum absolute atomic E-state index is 0.0695. The summed E-state index contributed by atoms with van der Waals surface area (Å²) in [5.74, 6) is -0.473. The second-order valence-electron chi connectivity index (χ2n) is 3.37. The number of nitrogens with zero attached hydrogens (tertiary/aromatic N) is 2. The van der Waals surface area contributed by atoms with Crippen LogP contribution in [0, 0.1) is 5.95 Å². The number of imidazole rings is 1. The molecule has 0 amide bonds. The molecular formula is C7H10ClFN2. The van der Waals surface area contributed by atoms with Gasteiger partial charge in [-0.15, -0.1) is 0 Å². The maximum atomic E-state index is 13.0. The molecule has 62 valence electrons. The largest absolute Gasteiger partial charge is 0.301 e. The lowest BCUT2D eigenvalue weighted by Crippen LogP contribution is -2.22. The monoisotopic (exact) mass is 176 g/mol. The third-order valence-corrected chi connectivity index (χ3v) is 1.64. The first kappa shape index (κ1) is 8.53. The molecule has 0 N–H and O–H groups in total. The Morgan fingerprint density at radius 1 is 1.55 bits per heavy atom. The topological polar surface area (TPSA) is 17.8 Å². The van der Waals surface area contributed by atoms with Crippen molar-refractivity contribution in [2.24, 2.45) is 0 Å². The summed E-state index contributed by atoms with van der Waals surface area (Å²) in [5.41, 5.74) is -0.301. The van der Waals surface area contributed by atoms with Gasteiger partial charge in [-0.1, -0.05) is 11.6 Å². The fourth-order valence-corrected chi connectivity index (χ4v) is 0.914. The van der Waals surface area contributed by atoms with E-state index < -0.39 is 5.95 Å². The van der Waals surface area contributed by atoms with Crippen LogP contribution >= 0.6 is 11.6 Å². The molecule has 0 radical (unpaired) electrons. The van der Waals surface area contributed by atoms with Crippen LogP contribution < -0.4 is 0 Å². The third kappa shape index (κ3) is 1.53. The van der Waals surface area contributed by atoms with E-state index in [1.54, 1.807) is 0 Å². The maximum absolute atomic E-state index is 13.0. The SMILES string of the molecule is CC(C)(C)n1cnc(Cl)c1F. The average Bonchev–Trinajstić information content (AvgIpc) is 2.11. The summed E-state index contributed by atoms with van der Waals surface area (Å²) in [4.78, 5) is 3.64. The molecule has 0 fully saturated rings. The van der Waals surface area contributed by atoms with Gasteiger partial charge in [0.25, 0.3) is 0 Å². The fourth-order valence-electron chi connectivity index (χ4n) is 0.779. The van der Waals surface area contributed by atoms with Gasteiger partial charge in [0, 0.05) is 5.54 Å². The van der Waals surface area contributed by atoms with Gasteiger partial charge in [0.15, 0.2) is 5.15 Å². The van der Waals surface area contributed by atoms with Crippen molar-refractivity contribution in [3.8, 4) is 0 Å². The van der Waals surface area contributed by atoms with E-state index in [2.05, 4.69) is 4.98 Å². The first-order chi connectivity index (χ1) is 4.93. The van der Waals surface area contributed by atoms with Crippen LogP contribution in [0.2, 0.25) is 5.15 Å². The van der Waals surface area contributed by atoms with Crippen molar-refractivity contribution in [1.29, 1.82) is 0 Å². The summed E-state index contributed by atoms with van der Waals surface area (Å²) in [5, 5.41) is -0.0695. The van der Waals surface area contributed by atoms with Crippen molar-refractivity contribution in [2.45, 2.75) is 26.3 Å². The van der Waals surface area contributed by atoms with Crippen LogP contribution in [0.25, 0.3) is 0 Å². The summed E-state index contributed by atoms with van der Waals surface area (Å²) in [7, 11) is 0. The van der Waals surface area contributed by atoms with Gasteiger partial charge in [-0.05, 0) is 20.8 Å². The summed E-state index contributed by atoms with van der Waals surface area (Å²) in [6, 6.07) is 0. The predicted molar refractivity (Wildman–Crippen MR) is 42.2 cm³/mol. The molecule has 1 aromatic rings. The van der Waals surface area contributed by atoms with Crippen molar-refractivity contribution < 1.29 is 4.39 Å². The zero-order chi connectivity index (χ0) is 8.65. The standard InChI is InChI=1S/C7H10ClFN2/c1-7(2,3)11-4-10-5(8)6(11)9/h4H,1-3H3. The van der Waals surface area contributed by atoms with Gasteiger partial charge in [0.2, 0.25) is 5.95 Å². The fraction of sp³-hybridized carbons (Fsp3) is 0.571. The molecule has 0 unspecified atom stereocenters. The molecule has 1 rings (SSSR count). The normalized spacial score (nSPS) is 12.1. The lowest BCUT2D eigenvalue weighted by molar-refractivity contribution is 0.337. The van der Waals surface area contributed by atoms with Crippen LogP contribution in [-0.2, 0) is 5.54 Å². The zero-order valence-corrected chi connectivity index (χ0v) is 7.48. The molecule has 0 aliphatic carbocycles. The molecule has 0 aromatic carbocycles. The summed E-state index contributed by atoms with van der Waals surface area (Å²) >= 11 is 5.43. The second kappa shape index (κ2) is 2.48. The van der Waals surface area contributed by atoms with Crippen molar-refractivity contribution in [3.05, 3.63) is 17.4 Å². The molecule has 2 nitrogen and oxygen atoms in total. The highest BCUT2D eigenvalue weighted by Gasteiger charge is 2.18. The maximum Gasteiger partial charge on any atom is 0.233 e. The van der Waals surface area contributed by atoms with E-state index in [1.807, 2.05) is 20.8 Å². The average molecular weight is 177 g/mol. The molecule has 0 bridgehead atoms.